The predicted octanol–water partition coefficient (Wildman–Crippen LogP) is 2.24. The zero-order valence-electron chi connectivity index (χ0n) is 10.8. The van der Waals surface area contributed by atoms with E-state index < -0.39 is 6.04 Å². The fourth-order valence-corrected chi connectivity index (χ4v) is 1.76. The highest BCUT2D eigenvalue weighted by atomic mass is 16.2. The molecule has 2 atom stereocenters. The van der Waals surface area contributed by atoms with Crippen molar-refractivity contribution in [2.45, 2.75) is 39.3 Å². The van der Waals surface area contributed by atoms with E-state index in [4.69, 9.17) is 5.73 Å². The molecule has 0 saturated heterocycles. The quantitative estimate of drug-likeness (QED) is 0.821. The van der Waals surface area contributed by atoms with E-state index in [2.05, 4.69) is 19.2 Å². The molecule has 0 aliphatic heterocycles. The van der Waals surface area contributed by atoms with Gasteiger partial charge in [0.25, 0.3) is 0 Å². The third-order valence-electron chi connectivity index (χ3n) is 2.72. The van der Waals surface area contributed by atoms with Crippen molar-refractivity contribution >= 4 is 5.91 Å². The Morgan fingerprint density at radius 2 is 1.82 bits per heavy atom. The number of hydrogen-bond acceptors (Lipinski definition) is 2. The summed E-state index contributed by atoms with van der Waals surface area (Å²) in [5, 5.41) is 2.94. The largest absolute Gasteiger partial charge is 0.348 e. The van der Waals surface area contributed by atoms with Crippen molar-refractivity contribution in [1.82, 2.24) is 5.32 Å². The molecule has 0 radical (unpaired) electrons. The standard InChI is InChI=1S/C14H22N2O/c1-10(2)9-13(15)14(17)16-11(3)12-7-5-4-6-8-12/h4-8,10-11,13H,9,15H2,1-3H3,(H,16,17)/t11-,13-/m0/s1. The minimum absolute atomic E-state index is 0.00177. The van der Waals surface area contributed by atoms with Gasteiger partial charge in [0.15, 0.2) is 0 Å². The van der Waals surface area contributed by atoms with Gasteiger partial charge in [-0.15, -0.1) is 0 Å². The number of nitrogens with one attached hydrogen (secondary N) is 1. The lowest BCUT2D eigenvalue weighted by molar-refractivity contribution is -0.123. The van der Waals surface area contributed by atoms with Crippen LogP contribution in [0.5, 0.6) is 0 Å². The van der Waals surface area contributed by atoms with Gasteiger partial charge in [0.05, 0.1) is 12.1 Å². The average molecular weight is 234 g/mol. The van der Waals surface area contributed by atoms with Gasteiger partial charge in [0, 0.05) is 0 Å². The Kier molecular flexibility index (Phi) is 5.16. The molecule has 0 bridgehead atoms. The van der Waals surface area contributed by atoms with Crippen LogP contribution in [0.25, 0.3) is 0 Å². The van der Waals surface area contributed by atoms with E-state index in [0.717, 1.165) is 5.56 Å². The molecule has 0 unspecified atom stereocenters. The summed E-state index contributed by atoms with van der Waals surface area (Å²) in [6, 6.07) is 9.47. The van der Waals surface area contributed by atoms with Crippen molar-refractivity contribution < 1.29 is 4.79 Å². The Morgan fingerprint density at radius 1 is 1.24 bits per heavy atom. The number of carbonyl (C=O) groups excluding carboxylic acids is 1. The van der Waals surface area contributed by atoms with Crippen molar-refractivity contribution in [3.8, 4) is 0 Å². The van der Waals surface area contributed by atoms with E-state index in [1.54, 1.807) is 0 Å². The fourth-order valence-electron chi connectivity index (χ4n) is 1.76. The Balaban J connectivity index is 2.51. The van der Waals surface area contributed by atoms with E-state index in [0.29, 0.717) is 12.3 Å². The minimum Gasteiger partial charge on any atom is -0.348 e. The van der Waals surface area contributed by atoms with Crippen molar-refractivity contribution in [3.63, 3.8) is 0 Å². The molecule has 3 heteroatoms. The van der Waals surface area contributed by atoms with Gasteiger partial charge in [-0.3, -0.25) is 4.79 Å². The van der Waals surface area contributed by atoms with E-state index in [-0.39, 0.29) is 11.9 Å². The molecule has 0 saturated carbocycles. The lowest BCUT2D eigenvalue weighted by Crippen LogP contribution is -2.42. The molecule has 0 aliphatic carbocycles. The van der Waals surface area contributed by atoms with Crippen molar-refractivity contribution in [3.05, 3.63) is 35.9 Å². The lowest BCUT2D eigenvalue weighted by Gasteiger charge is -2.18. The van der Waals surface area contributed by atoms with Gasteiger partial charge >= 0.3 is 0 Å². The van der Waals surface area contributed by atoms with Gasteiger partial charge in [0.2, 0.25) is 5.91 Å². The van der Waals surface area contributed by atoms with E-state index in [1.165, 1.54) is 0 Å². The van der Waals surface area contributed by atoms with Crippen molar-refractivity contribution in [2.75, 3.05) is 0 Å². The van der Waals surface area contributed by atoms with Gasteiger partial charge in [0.1, 0.15) is 0 Å². The van der Waals surface area contributed by atoms with E-state index >= 15 is 0 Å². The van der Waals surface area contributed by atoms with Crippen LogP contribution in [0, 0.1) is 5.92 Å². The summed E-state index contributed by atoms with van der Waals surface area (Å²) in [5.74, 6) is 0.359. The first kappa shape index (κ1) is 13.7. The normalized spacial score (nSPS) is 14.4. The van der Waals surface area contributed by atoms with Crippen LogP contribution in [-0.2, 0) is 4.79 Å². The lowest BCUT2D eigenvalue weighted by atomic mass is 10.0. The second-order valence-electron chi connectivity index (χ2n) is 4.88. The molecule has 0 aromatic heterocycles. The summed E-state index contributed by atoms with van der Waals surface area (Å²) >= 11 is 0. The molecule has 94 valence electrons. The molecule has 0 fully saturated rings. The summed E-state index contributed by atoms with van der Waals surface area (Å²) in [4.78, 5) is 11.8. The zero-order valence-corrected chi connectivity index (χ0v) is 10.8. The Bertz CT molecular complexity index is 348. The molecular weight excluding hydrogens is 212 g/mol. The number of benzene rings is 1. The second-order valence-corrected chi connectivity index (χ2v) is 4.88. The predicted molar refractivity (Wildman–Crippen MR) is 70.4 cm³/mol. The van der Waals surface area contributed by atoms with Crippen LogP contribution in [0.15, 0.2) is 30.3 Å². The van der Waals surface area contributed by atoms with Crippen LogP contribution in [0.4, 0.5) is 0 Å². The Hall–Kier alpha value is -1.35. The minimum atomic E-state index is -0.416. The first-order valence-corrected chi connectivity index (χ1v) is 6.11. The molecule has 0 aliphatic rings. The first-order valence-electron chi connectivity index (χ1n) is 6.11. The van der Waals surface area contributed by atoms with E-state index in [9.17, 15) is 4.79 Å². The summed E-state index contributed by atoms with van der Waals surface area (Å²) in [6.07, 6.45) is 0.716. The van der Waals surface area contributed by atoms with Crippen LogP contribution in [0.1, 0.15) is 38.8 Å². The second kappa shape index (κ2) is 6.40. The third kappa shape index (κ3) is 4.57. The number of amides is 1. The highest BCUT2D eigenvalue weighted by molar-refractivity contribution is 5.81. The van der Waals surface area contributed by atoms with Gasteiger partial charge in [-0.25, -0.2) is 0 Å². The van der Waals surface area contributed by atoms with Crippen LogP contribution < -0.4 is 11.1 Å². The highest BCUT2D eigenvalue weighted by Gasteiger charge is 2.17. The maximum Gasteiger partial charge on any atom is 0.237 e. The highest BCUT2D eigenvalue weighted by Crippen LogP contribution is 2.12. The summed E-state index contributed by atoms with van der Waals surface area (Å²) < 4.78 is 0. The maximum atomic E-state index is 11.8. The van der Waals surface area contributed by atoms with Gasteiger partial charge in [-0.05, 0) is 24.8 Å². The molecule has 1 aromatic carbocycles. The molecule has 1 aromatic rings. The third-order valence-corrected chi connectivity index (χ3v) is 2.72. The van der Waals surface area contributed by atoms with Crippen LogP contribution in [0.3, 0.4) is 0 Å². The molecule has 1 rings (SSSR count). The molecule has 3 nitrogen and oxygen atoms in total. The first-order chi connectivity index (χ1) is 8.00. The summed E-state index contributed by atoms with van der Waals surface area (Å²) in [5.41, 5.74) is 6.93. The smallest absolute Gasteiger partial charge is 0.237 e. The number of hydrogen-bond donors (Lipinski definition) is 2. The molecular formula is C14H22N2O. The Labute approximate surface area is 103 Å². The molecule has 17 heavy (non-hydrogen) atoms. The molecule has 1 amide bonds. The summed E-state index contributed by atoms with van der Waals surface area (Å²) in [7, 11) is 0. The van der Waals surface area contributed by atoms with Gasteiger partial charge in [-0.1, -0.05) is 44.2 Å². The van der Waals surface area contributed by atoms with Gasteiger partial charge < -0.3 is 11.1 Å². The number of carbonyl (C=O) groups is 1. The number of rotatable bonds is 5. The zero-order chi connectivity index (χ0) is 12.8. The summed E-state index contributed by atoms with van der Waals surface area (Å²) in [6.45, 7) is 6.09. The van der Waals surface area contributed by atoms with Crippen LogP contribution in [0.2, 0.25) is 0 Å². The molecule has 0 spiro atoms. The topological polar surface area (TPSA) is 55.1 Å². The Morgan fingerprint density at radius 3 is 2.35 bits per heavy atom. The van der Waals surface area contributed by atoms with Crippen LogP contribution in [-0.4, -0.2) is 11.9 Å². The average Bonchev–Trinajstić information content (AvgIpc) is 2.29. The van der Waals surface area contributed by atoms with Crippen molar-refractivity contribution in [1.29, 1.82) is 0 Å². The maximum absolute atomic E-state index is 11.8. The van der Waals surface area contributed by atoms with Gasteiger partial charge in [-0.2, -0.15) is 0 Å². The monoisotopic (exact) mass is 234 g/mol. The molecule has 0 heterocycles. The SMILES string of the molecule is CC(C)C[C@H](N)C(=O)N[C@@H](C)c1ccccc1. The van der Waals surface area contributed by atoms with E-state index in [1.807, 2.05) is 37.3 Å². The fraction of sp³-hybridized carbons (Fsp3) is 0.500. The van der Waals surface area contributed by atoms with Crippen molar-refractivity contribution in [2.24, 2.45) is 11.7 Å². The molecule has 3 N–H and O–H groups in total. The van der Waals surface area contributed by atoms with Crippen LogP contribution >= 0.6 is 0 Å². The number of nitrogens with two attached hydrogens (primary N) is 1.